The number of amides is 2. The van der Waals surface area contributed by atoms with Crippen LogP contribution in [0.2, 0.25) is 0 Å². The van der Waals surface area contributed by atoms with Gasteiger partial charge in [-0.2, -0.15) is 0 Å². The summed E-state index contributed by atoms with van der Waals surface area (Å²) in [5.74, 6) is -0.244. The number of hydrogen-bond acceptors (Lipinski definition) is 3. The molecule has 5 nitrogen and oxygen atoms in total. The van der Waals surface area contributed by atoms with E-state index >= 15 is 0 Å². The highest BCUT2D eigenvalue weighted by Crippen LogP contribution is 2.19. The Bertz CT molecular complexity index is 531. The first-order valence-electron chi connectivity index (χ1n) is 7.40. The molecule has 2 rings (SSSR count). The number of nitrogens with one attached hydrogen (secondary N) is 1. The summed E-state index contributed by atoms with van der Waals surface area (Å²) >= 11 is 0. The lowest BCUT2D eigenvalue weighted by atomic mass is 10.1. The molecule has 120 valence electrons. The first-order valence-corrected chi connectivity index (χ1v) is 7.40. The van der Waals surface area contributed by atoms with E-state index in [-0.39, 0.29) is 30.3 Å². The number of nitrogens with zero attached hydrogens (tertiary/aromatic N) is 1. The summed E-state index contributed by atoms with van der Waals surface area (Å²) in [5, 5.41) is 2.82. The van der Waals surface area contributed by atoms with Gasteiger partial charge in [-0.1, -0.05) is 13.8 Å². The van der Waals surface area contributed by atoms with Crippen LogP contribution >= 0.6 is 0 Å². The highest BCUT2D eigenvalue weighted by atomic mass is 19.1. The lowest BCUT2D eigenvalue weighted by Gasteiger charge is -2.32. The summed E-state index contributed by atoms with van der Waals surface area (Å²) in [5.41, 5.74) is 0.633. The third kappa shape index (κ3) is 4.53. The molecule has 0 aromatic heterocycles. The van der Waals surface area contributed by atoms with Crippen LogP contribution in [0.5, 0.6) is 0 Å². The fraction of sp³-hybridized carbons (Fsp3) is 0.500. The molecule has 1 atom stereocenters. The number of hydrogen-bond donors (Lipinski definition) is 1. The number of carbonyl (C=O) groups is 2. The van der Waals surface area contributed by atoms with E-state index in [0.29, 0.717) is 31.1 Å². The molecule has 6 heteroatoms. The Kier molecular flexibility index (Phi) is 5.49. The van der Waals surface area contributed by atoms with Crippen LogP contribution in [-0.4, -0.2) is 37.6 Å². The molecular weight excluding hydrogens is 287 g/mol. The van der Waals surface area contributed by atoms with Crippen LogP contribution in [0.15, 0.2) is 24.3 Å². The molecule has 1 saturated heterocycles. The topological polar surface area (TPSA) is 58.6 Å². The second-order valence-electron chi connectivity index (χ2n) is 5.82. The first-order chi connectivity index (χ1) is 10.5. The molecule has 22 heavy (non-hydrogen) atoms. The zero-order chi connectivity index (χ0) is 16.1. The van der Waals surface area contributed by atoms with Crippen molar-refractivity contribution in [2.75, 3.05) is 24.6 Å². The highest BCUT2D eigenvalue weighted by Gasteiger charge is 2.27. The van der Waals surface area contributed by atoms with Crippen molar-refractivity contribution in [3.8, 4) is 0 Å². The van der Waals surface area contributed by atoms with Crippen LogP contribution < -0.4 is 10.2 Å². The molecule has 1 unspecified atom stereocenters. The van der Waals surface area contributed by atoms with Crippen molar-refractivity contribution in [3.63, 3.8) is 0 Å². The van der Waals surface area contributed by atoms with Gasteiger partial charge in [-0.3, -0.25) is 9.59 Å². The molecule has 0 aliphatic carbocycles. The Balaban J connectivity index is 1.92. The smallest absolute Gasteiger partial charge is 0.253 e. The summed E-state index contributed by atoms with van der Waals surface area (Å²) in [4.78, 5) is 25.1. The molecule has 1 aromatic carbocycles. The van der Waals surface area contributed by atoms with Crippen LogP contribution in [0, 0.1) is 11.7 Å². The zero-order valence-electron chi connectivity index (χ0n) is 12.8. The lowest BCUT2D eigenvalue weighted by Crippen LogP contribution is -2.50. The Morgan fingerprint density at radius 2 is 2.09 bits per heavy atom. The van der Waals surface area contributed by atoms with Crippen molar-refractivity contribution < 1.29 is 18.7 Å². The molecule has 1 aliphatic heterocycles. The van der Waals surface area contributed by atoms with Gasteiger partial charge in [0.2, 0.25) is 5.91 Å². The minimum absolute atomic E-state index is 0.0242. The predicted octanol–water partition coefficient (Wildman–Crippen LogP) is 1.72. The van der Waals surface area contributed by atoms with Gasteiger partial charge in [-0.25, -0.2) is 4.39 Å². The largest absolute Gasteiger partial charge is 0.365 e. The maximum absolute atomic E-state index is 13.0. The van der Waals surface area contributed by atoms with Crippen LogP contribution in [0.1, 0.15) is 20.3 Å². The van der Waals surface area contributed by atoms with E-state index in [1.807, 2.05) is 13.8 Å². The molecule has 1 aromatic rings. The second-order valence-corrected chi connectivity index (χ2v) is 5.82. The normalized spacial score (nSPS) is 18.6. The molecule has 0 bridgehead atoms. The molecule has 0 radical (unpaired) electrons. The number of benzene rings is 1. The van der Waals surface area contributed by atoms with E-state index in [1.165, 1.54) is 12.1 Å². The lowest BCUT2D eigenvalue weighted by molar-refractivity contribution is -0.129. The SMILES string of the molecule is CC(C)CC(=O)NCC1CN(c2ccc(F)cc2)C(=O)CO1. The van der Waals surface area contributed by atoms with Gasteiger partial charge in [0, 0.05) is 18.7 Å². The summed E-state index contributed by atoms with van der Waals surface area (Å²) in [6, 6.07) is 5.76. The van der Waals surface area contributed by atoms with Crippen LogP contribution in [0.25, 0.3) is 0 Å². The quantitative estimate of drug-likeness (QED) is 0.901. The fourth-order valence-corrected chi connectivity index (χ4v) is 2.29. The van der Waals surface area contributed by atoms with E-state index in [9.17, 15) is 14.0 Å². The predicted molar refractivity (Wildman–Crippen MR) is 81.0 cm³/mol. The van der Waals surface area contributed by atoms with Gasteiger partial charge < -0.3 is 15.0 Å². The summed E-state index contributed by atoms with van der Waals surface area (Å²) in [6.07, 6.45) is 0.201. The summed E-state index contributed by atoms with van der Waals surface area (Å²) < 4.78 is 18.4. The molecule has 0 spiro atoms. The molecular formula is C16H21FN2O3. The number of carbonyl (C=O) groups excluding carboxylic acids is 2. The minimum atomic E-state index is -0.345. The van der Waals surface area contributed by atoms with Crippen molar-refractivity contribution in [1.82, 2.24) is 5.32 Å². The van der Waals surface area contributed by atoms with Gasteiger partial charge in [0.1, 0.15) is 12.4 Å². The average molecular weight is 308 g/mol. The van der Waals surface area contributed by atoms with Gasteiger partial charge >= 0.3 is 0 Å². The van der Waals surface area contributed by atoms with E-state index < -0.39 is 0 Å². The summed E-state index contributed by atoms with van der Waals surface area (Å²) in [6.45, 7) is 4.61. The molecule has 1 aliphatic rings. The third-order valence-corrected chi connectivity index (χ3v) is 3.39. The zero-order valence-corrected chi connectivity index (χ0v) is 12.8. The number of halogens is 1. The Morgan fingerprint density at radius 3 is 2.73 bits per heavy atom. The van der Waals surface area contributed by atoms with Gasteiger partial charge in [0.05, 0.1) is 12.6 Å². The number of anilines is 1. The van der Waals surface area contributed by atoms with Crippen molar-refractivity contribution in [3.05, 3.63) is 30.1 Å². The standard InChI is InChI=1S/C16H21FN2O3/c1-11(2)7-15(20)18-8-14-9-19(16(21)10-22-14)13-5-3-12(17)4-6-13/h3-6,11,14H,7-10H2,1-2H3,(H,18,20). The maximum Gasteiger partial charge on any atom is 0.253 e. The van der Waals surface area contributed by atoms with Crippen molar-refractivity contribution >= 4 is 17.5 Å². The van der Waals surface area contributed by atoms with Gasteiger partial charge in [0.15, 0.2) is 0 Å². The van der Waals surface area contributed by atoms with Crippen LogP contribution in [0.3, 0.4) is 0 Å². The van der Waals surface area contributed by atoms with E-state index in [4.69, 9.17) is 4.74 Å². The molecule has 1 heterocycles. The molecule has 1 fully saturated rings. The Morgan fingerprint density at radius 1 is 1.41 bits per heavy atom. The maximum atomic E-state index is 13.0. The average Bonchev–Trinajstić information content (AvgIpc) is 2.47. The first kappa shape index (κ1) is 16.4. The number of ether oxygens (including phenoxy) is 1. The van der Waals surface area contributed by atoms with Crippen molar-refractivity contribution in [1.29, 1.82) is 0 Å². The molecule has 1 N–H and O–H groups in total. The van der Waals surface area contributed by atoms with Crippen molar-refractivity contribution in [2.24, 2.45) is 5.92 Å². The van der Waals surface area contributed by atoms with Crippen molar-refractivity contribution in [2.45, 2.75) is 26.4 Å². The van der Waals surface area contributed by atoms with Crippen LogP contribution in [0.4, 0.5) is 10.1 Å². The fourth-order valence-electron chi connectivity index (χ4n) is 2.29. The number of rotatable bonds is 5. The van der Waals surface area contributed by atoms with E-state index in [1.54, 1.807) is 17.0 Å². The van der Waals surface area contributed by atoms with E-state index in [2.05, 4.69) is 5.32 Å². The Labute approximate surface area is 129 Å². The minimum Gasteiger partial charge on any atom is -0.365 e. The van der Waals surface area contributed by atoms with Gasteiger partial charge in [-0.15, -0.1) is 0 Å². The van der Waals surface area contributed by atoms with Gasteiger partial charge in [0.25, 0.3) is 5.91 Å². The highest BCUT2D eigenvalue weighted by molar-refractivity contribution is 5.95. The van der Waals surface area contributed by atoms with Gasteiger partial charge in [-0.05, 0) is 30.2 Å². The molecule has 0 saturated carbocycles. The van der Waals surface area contributed by atoms with Crippen LogP contribution in [-0.2, 0) is 14.3 Å². The third-order valence-electron chi connectivity index (χ3n) is 3.39. The monoisotopic (exact) mass is 308 g/mol. The molecule has 2 amide bonds. The second kappa shape index (κ2) is 7.35. The Hall–Kier alpha value is -1.95. The van der Waals surface area contributed by atoms with E-state index in [0.717, 1.165) is 0 Å². The number of morpholine rings is 1. The summed E-state index contributed by atoms with van der Waals surface area (Å²) in [7, 11) is 0.